The van der Waals surface area contributed by atoms with Crippen LogP contribution < -0.4 is 10.1 Å². The predicted molar refractivity (Wildman–Crippen MR) is 99.6 cm³/mol. The van der Waals surface area contributed by atoms with Gasteiger partial charge in [0.05, 0.1) is 26.0 Å². The fraction of sp³-hybridized carbons (Fsp3) is 0.474. The number of para-hydroxylation sites is 1. The van der Waals surface area contributed by atoms with Gasteiger partial charge in [-0.2, -0.15) is 5.10 Å². The molecule has 1 aliphatic rings. The fourth-order valence-electron chi connectivity index (χ4n) is 3.10. The predicted octanol–water partition coefficient (Wildman–Crippen LogP) is 2.97. The van der Waals surface area contributed by atoms with Crippen molar-refractivity contribution in [3.8, 4) is 5.75 Å². The molecule has 140 valence electrons. The van der Waals surface area contributed by atoms with Crippen molar-refractivity contribution in [2.75, 3.05) is 32.6 Å². The Morgan fingerprint density at radius 2 is 2.23 bits per heavy atom. The van der Waals surface area contributed by atoms with E-state index in [1.165, 1.54) is 0 Å². The number of nitrogens with one attached hydrogen (secondary N) is 1. The number of anilines is 1. The van der Waals surface area contributed by atoms with Gasteiger partial charge in [0.15, 0.2) is 0 Å². The van der Waals surface area contributed by atoms with E-state index in [9.17, 15) is 4.79 Å². The molecule has 0 spiro atoms. The molecule has 0 bridgehead atoms. The van der Waals surface area contributed by atoms with Crippen molar-refractivity contribution < 1.29 is 14.3 Å². The first kappa shape index (κ1) is 18.3. The van der Waals surface area contributed by atoms with Gasteiger partial charge in [-0.05, 0) is 25.3 Å². The number of aromatic nitrogens is 2. The fourth-order valence-corrected chi connectivity index (χ4v) is 3.10. The number of urea groups is 1. The molecule has 0 unspecified atom stereocenters. The van der Waals surface area contributed by atoms with E-state index in [1.807, 2.05) is 24.3 Å². The van der Waals surface area contributed by atoms with Crippen LogP contribution in [-0.4, -0.2) is 54.1 Å². The first-order chi connectivity index (χ1) is 12.7. The molecule has 26 heavy (non-hydrogen) atoms. The summed E-state index contributed by atoms with van der Waals surface area (Å²) < 4.78 is 12.8. The van der Waals surface area contributed by atoms with Crippen LogP contribution in [0.15, 0.2) is 36.5 Å². The summed E-state index contributed by atoms with van der Waals surface area (Å²) in [6, 6.07) is 9.40. The van der Waals surface area contributed by atoms with Crippen LogP contribution >= 0.6 is 0 Å². The highest BCUT2D eigenvalue weighted by Crippen LogP contribution is 2.20. The lowest BCUT2D eigenvalue weighted by molar-refractivity contribution is 0.00463. The van der Waals surface area contributed by atoms with Crippen molar-refractivity contribution in [1.82, 2.24) is 14.7 Å². The van der Waals surface area contributed by atoms with E-state index >= 15 is 0 Å². The standard InChI is InChI=1S/C19H26N4O3/c1-22(14-16-8-5-6-12-26-16)19(24)21-18-10-11-20-23(18)13-15-7-3-4-9-17(15)25-2/h3-4,7,9-11,16H,5-6,8,12-14H2,1-2H3,(H,21,24)/t16-/m0/s1. The highest BCUT2D eigenvalue weighted by Gasteiger charge is 2.19. The summed E-state index contributed by atoms with van der Waals surface area (Å²) in [5.41, 5.74) is 0.998. The van der Waals surface area contributed by atoms with Gasteiger partial charge in [-0.3, -0.25) is 5.32 Å². The number of likely N-dealkylation sites (N-methyl/N-ethyl adjacent to an activating group) is 1. The van der Waals surface area contributed by atoms with Crippen LogP contribution in [0, 0.1) is 0 Å². The molecule has 1 aromatic carbocycles. The minimum absolute atomic E-state index is 0.123. The third kappa shape index (κ3) is 4.54. The normalized spacial score (nSPS) is 16.9. The monoisotopic (exact) mass is 358 g/mol. The summed E-state index contributed by atoms with van der Waals surface area (Å²) in [5.74, 6) is 1.45. The second-order valence-electron chi connectivity index (χ2n) is 6.49. The maximum absolute atomic E-state index is 12.5. The van der Waals surface area contributed by atoms with Gasteiger partial charge in [0.1, 0.15) is 11.6 Å². The Hall–Kier alpha value is -2.54. The third-order valence-corrected chi connectivity index (χ3v) is 4.56. The number of benzene rings is 1. The lowest BCUT2D eigenvalue weighted by Gasteiger charge is -2.27. The summed E-state index contributed by atoms with van der Waals surface area (Å²) in [5, 5.41) is 7.25. The number of methoxy groups -OCH3 is 1. The summed E-state index contributed by atoms with van der Waals surface area (Å²) in [4.78, 5) is 14.2. The van der Waals surface area contributed by atoms with Gasteiger partial charge in [-0.25, -0.2) is 9.48 Å². The quantitative estimate of drug-likeness (QED) is 0.862. The van der Waals surface area contributed by atoms with Crippen molar-refractivity contribution in [3.63, 3.8) is 0 Å². The van der Waals surface area contributed by atoms with Crippen LogP contribution in [0.25, 0.3) is 0 Å². The molecule has 7 nitrogen and oxygen atoms in total. The first-order valence-electron chi connectivity index (χ1n) is 8.95. The molecular formula is C19H26N4O3. The maximum Gasteiger partial charge on any atom is 0.322 e. The summed E-state index contributed by atoms with van der Waals surface area (Å²) in [7, 11) is 3.43. The molecule has 1 aromatic heterocycles. The SMILES string of the molecule is COc1ccccc1Cn1nccc1NC(=O)N(C)C[C@@H]1CCCCO1. The molecule has 0 radical (unpaired) electrons. The summed E-state index contributed by atoms with van der Waals surface area (Å²) >= 11 is 0. The highest BCUT2D eigenvalue weighted by atomic mass is 16.5. The molecule has 2 amide bonds. The Morgan fingerprint density at radius 3 is 3.00 bits per heavy atom. The zero-order chi connectivity index (χ0) is 18.4. The van der Waals surface area contributed by atoms with E-state index in [0.717, 1.165) is 37.2 Å². The van der Waals surface area contributed by atoms with E-state index in [0.29, 0.717) is 18.9 Å². The van der Waals surface area contributed by atoms with Gasteiger partial charge in [0.2, 0.25) is 0 Å². The average Bonchev–Trinajstić information content (AvgIpc) is 3.09. The van der Waals surface area contributed by atoms with E-state index < -0.39 is 0 Å². The zero-order valence-electron chi connectivity index (χ0n) is 15.4. The minimum Gasteiger partial charge on any atom is -0.496 e. The molecule has 1 aliphatic heterocycles. The Morgan fingerprint density at radius 1 is 1.38 bits per heavy atom. The largest absolute Gasteiger partial charge is 0.496 e. The molecule has 1 N–H and O–H groups in total. The van der Waals surface area contributed by atoms with Crippen LogP contribution in [0.5, 0.6) is 5.75 Å². The number of hydrogen-bond acceptors (Lipinski definition) is 4. The highest BCUT2D eigenvalue weighted by molar-refractivity contribution is 5.88. The van der Waals surface area contributed by atoms with Gasteiger partial charge in [0, 0.05) is 31.8 Å². The third-order valence-electron chi connectivity index (χ3n) is 4.56. The number of carbonyl (C=O) groups excluding carboxylic acids is 1. The summed E-state index contributed by atoms with van der Waals surface area (Å²) in [6.07, 6.45) is 5.07. The molecule has 0 saturated carbocycles. The number of rotatable bonds is 6. The number of nitrogens with zero attached hydrogens (tertiary/aromatic N) is 3. The van der Waals surface area contributed by atoms with E-state index in [-0.39, 0.29) is 12.1 Å². The molecule has 2 aromatic rings. The smallest absolute Gasteiger partial charge is 0.322 e. The number of ether oxygens (including phenoxy) is 2. The van der Waals surface area contributed by atoms with E-state index in [4.69, 9.17) is 9.47 Å². The average molecular weight is 358 g/mol. The second-order valence-corrected chi connectivity index (χ2v) is 6.49. The molecular weight excluding hydrogens is 332 g/mol. The van der Waals surface area contributed by atoms with E-state index in [1.54, 1.807) is 36.0 Å². The summed E-state index contributed by atoms with van der Waals surface area (Å²) in [6.45, 7) is 1.89. The van der Waals surface area contributed by atoms with E-state index in [2.05, 4.69) is 10.4 Å². The minimum atomic E-state index is -0.166. The van der Waals surface area contributed by atoms with Crippen LogP contribution in [-0.2, 0) is 11.3 Å². The van der Waals surface area contributed by atoms with Crippen LogP contribution in [0.4, 0.5) is 10.6 Å². The maximum atomic E-state index is 12.5. The molecule has 7 heteroatoms. The molecule has 1 saturated heterocycles. The molecule has 1 atom stereocenters. The first-order valence-corrected chi connectivity index (χ1v) is 8.95. The van der Waals surface area contributed by atoms with Crippen molar-refractivity contribution in [1.29, 1.82) is 0 Å². The van der Waals surface area contributed by atoms with Gasteiger partial charge < -0.3 is 14.4 Å². The van der Waals surface area contributed by atoms with Crippen molar-refractivity contribution >= 4 is 11.8 Å². The molecule has 3 rings (SSSR count). The van der Waals surface area contributed by atoms with Crippen molar-refractivity contribution in [2.24, 2.45) is 0 Å². The lowest BCUT2D eigenvalue weighted by atomic mass is 10.1. The van der Waals surface area contributed by atoms with Gasteiger partial charge in [-0.15, -0.1) is 0 Å². The van der Waals surface area contributed by atoms with Gasteiger partial charge >= 0.3 is 6.03 Å². The lowest BCUT2D eigenvalue weighted by Crippen LogP contribution is -2.39. The Balaban J connectivity index is 1.61. The van der Waals surface area contributed by atoms with Crippen molar-refractivity contribution in [2.45, 2.75) is 31.9 Å². The number of carbonyl (C=O) groups is 1. The van der Waals surface area contributed by atoms with Gasteiger partial charge in [-0.1, -0.05) is 18.2 Å². The number of amides is 2. The zero-order valence-corrected chi connectivity index (χ0v) is 15.4. The second kappa shape index (κ2) is 8.71. The Labute approximate surface area is 153 Å². The Kier molecular flexibility index (Phi) is 6.12. The molecule has 0 aliphatic carbocycles. The molecule has 1 fully saturated rings. The topological polar surface area (TPSA) is 68.6 Å². The van der Waals surface area contributed by atoms with Crippen LogP contribution in [0.2, 0.25) is 0 Å². The van der Waals surface area contributed by atoms with Crippen LogP contribution in [0.1, 0.15) is 24.8 Å². The van der Waals surface area contributed by atoms with Crippen LogP contribution in [0.3, 0.4) is 0 Å². The van der Waals surface area contributed by atoms with Gasteiger partial charge in [0.25, 0.3) is 0 Å². The Bertz CT molecular complexity index is 725. The number of hydrogen-bond donors (Lipinski definition) is 1. The molecule has 2 heterocycles. The van der Waals surface area contributed by atoms with Crippen molar-refractivity contribution in [3.05, 3.63) is 42.1 Å².